The predicted octanol–water partition coefficient (Wildman–Crippen LogP) is 1.51. The van der Waals surface area contributed by atoms with Gasteiger partial charge in [0, 0.05) is 19.1 Å². The van der Waals surface area contributed by atoms with Crippen LogP contribution in [0.25, 0.3) is 0 Å². The summed E-state index contributed by atoms with van der Waals surface area (Å²) in [5.74, 6) is 0.852. The van der Waals surface area contributed by atoms with Crippen molar-refractivity contribution in [2.75, 3.05) is 24.5 Å². The highest BCUT2D eigenvalue weighted by Crippen LogP contribution is 2.28. The van der Waals surface area contributed by atoms with E-state index in [0.717, 1.165) is 24.7 Å². The Morgan fingerprint density at radius 2 is 2.47 bits per heavy atom. The van der Waals surface area contributed by atoms with Crippen molar-refractivity contribution >= 4 is 21.6 Å². The summed E-state index contributed by atoms with van der Waals surface area (Å²) in [4.78, 5) is 6.53. The second kappa shape index (κ2) is 4.28. The third kappa shape index (κ3) is 1.92. The van der Waals surface area contributed by atoms with Gasteiger partial charge < -0.3 is 10.2 Å². The van der Waals surface area contributed by atoms with Crippen LogP contribution >= 0.6 is 15.9 Å². The first-order valence-electron chi connectivity index (χ1n) is 5.82. The van der Waals surface area contributed by atoms with E-state index >= 15 is 0 Å². The van der Waals surface area contributed by atoms with Crippen LogP contribution in [-0.4, -0.2) is 30.7 Å². The van der Waals surface area contributed by atoms with Crippen molar-refractivity contribution < 1.29 is 0 Å². The monoisotopic (exact) mass is 292 g/mol. The molecule has 0 aromatic carbocycles. The third-order valence-electron chi connectivity index (χ3n) is 3.71. The Bertz CT molecular complexity index is 482. The highest BCUT2D eigenvalue weighted by Gasteiger charge is 2.35. The molecule has 1 aromatic heterocycles. The molecule has 2 atom stereocenters. The summed E-state index contributed by atoms with van der Waals surface area (Å²) in [5.41, 5.74) is 1.66. The lowest BCUT2D eigenvalue weighted by atomic mass is 9.85. The van der Waals surface area contributed by atoms with Gasteiger partial charge in [-0.25, -0.2) is 4.98 Å². The summed E-state index contributed by atoms with van der Waals surface area (Å²) in [5, 5.41) is 12.4. The van der Waals surface area contributed by atoms with Crippen molar-refractivity contribution in [1.29, 1.82) is 5.26 Å². The summed E-state index contributed by atoms with van der Waals surface area (Å²) in [6.07, 6.45) is 3.07. The molecule has 2 fully saturated rings. The van der Waals surface area contributed by atoms with Gasteiger partial charge in [-0.05, 0) is 40.9 Å². The number of fused-ring (bicyclic) bond motifs is 1. The van der Waals surface area contributed by atoms with Gasteiger partial charge in [0.05, 0.1) is 17.4 Å². The maximum Gasteiger partial charge on any atom is 0.123 e. The van der Waals surface area contributed by atoms with Gasteiger partial charge in [-0.15, -0.1) is 0 Å². The second-order valence-corrected chi connectivity index (χ2v) is 5.40. The summed E-state index contributed by atoms with van der Waals surface area (Å²) in [6.45, 7) is 3.26. The average Bonchev–Trinajstić information content (AvgIpc) is 2.32. The summed E-state index contributed by atoms with van der Waals surface area (Å²) in [6, 6.07) is 4.69. The van der Waals surface area contributed by atoms with Crippen LogP contribution in [0, 0.1) is 17.2 Å². The largest absolute Gasteiger partial charge is 0.369 e. The van der Waals surface area contributed by atoms with Gasteiger partial charge in [-0.1, -0.05) is 0 Å². The quantitative estimate of drug-likeness (QED) is 0.798. The first kappa shape index (κ1) is 11.0. The van der Waals surface area contributed by atoms with Gasteiger partial charge in [0.25, 0.3) is 0 Å². The van der Waals surface area contributed by atoms with Crippen LogP contribution in [0.5, 0.6) is 0 Å². The van der Waals surface area contributed by atoms with E-state index < -0.39 is 0 Å². The Hall–Kier alpha value is -1.12. The number of halogens is 1. The van der Waals surface area contributed by atoms with E-state index in [1.54, 1.807) is 0 Å². The molecule has 2 aliphatic heterocycles. The molecule has 2 saturated heterocycles. The molecule has 0 amide bonds. The molecule has 3 heterocycles. The van der Waals surface area contributed by atoms with E-state index in [0.29, 0.717) is 16.2 Å². The van der Waals surface area contributed by atoms with Gasteiger partial charge in [-0.2, -0.15) is 5.26 Å². The first-order valence-corrected chi connectivity index (χ1v) is 6.61. The van der Waals surface area contributed by atoms with Crippen molar-refractivity contribution in [1.82, 2.24) is 10.3 Å². The van der Waals surface area contributed by atoms with Crippen molar-refractivity contribution in [2.24, 2.45) is 5.92 Å². The topological polar surface area (TPSA) is 52.0 Å². The zero-order valence-electron chi connectivity index (χ0n) is 9.36. The van der Waals surface area contributed by atoms with Crippen LogP contribution in [0.2, 0.25) is 0 Å². The van der Waals surface area contributed by atoms with Gasteiger partial charge in [0.1, 0.15) is 10.7 Å². The van der Waals surface area contributed by atoms with E-state index in [-0.39, 0.29) is 0 Å². The number of nitrogens with one attached hydrogen (secondary N) is 1. The molecule has 0 spiro atoms. The first-order chi connectivity index (χ1) is 8.28. The molecule has 0 saturated carbocycles. The van der Waals surface area contributed by atoms with Gasteiger partial charge >= 0.3 is 0 Å². The van der Waals surface area contributed by atoms with Crippen LogP contribution in [0.15, 0.2) is 16.9 Å². The lowest BCUT2D eigenvalue weighted by Crippen LogP contribution is -2.62. The lowest BCUT2D eigenvalue weighted by molar-refractivity contribution is 0.197. The zero-order valence-corrected chi connectivity index (χ0v) is 10.9. The van der Waals surface area contributed by atoms with Crippen LogP contribution < -0.4 is 10.2 Å². The minimum atomic E-state index is 0.603. The number of nitrogens with zero attached hydrogens (tertiary/aromatic N) is 3. The molecular formula is C12H13BrN4. The van der Waals surface area contributed by atoms with E-state index in [1.807, 2.05) is 12.3 Å². The number of piperidine rings is 1. The maximum absolute atomic E-state index is 9.00. The fourth-order valence-electron chi connectivity index (χ4n) is 2.54. The molecule has 5 heteroatoms. The molecule has 0 radical (unpaired) electrons. The molecule has 3 rings (SSSR count). The fourth-order valence-corrected chi connectivity index (χ4v) is 2.85. The van der Waals surface area contributed by atoms with E-state index in [2.05, 4.69) is 37.2 Å². The average molecular weight is 293 g/mol. The summed E-state index contributed by atoms with van der Waals surface area (Å²) < 4.78 is 0.625. The highest BCUT2D eigenvalue weighted by atomic mass is 79.9. The number of nitriles is 1. The summed E-state index contributed by atoms with van der Waals surface area (Å²) >= 11 is 3.28. The molecule has 0 unspecified atom stereocenters. The Morgan fingerprint density at radius 3 is 3.12 bits per heavy atom. The van der Waals surface area contributed by atoms with Crippen molar-refractivity contribution in [3.8, 4) is 6.07 Å². The Balaban J connectivity index is 1.82. The summed E-state index contributed by atoms with van der Waals surface area (Å²) in [7, 11) is 0. The Kier molecular flexibility index (Phi) is 2.77. The predicted molar refractivity (Wildman–Crippen MR) is 68.8 cm³/mol. The molecule has 4 nitrogen and oxygen atoms in total. The van der Waals surface area contributed by atoms with Gasteiger partial charge in [0.15, 0.2) is 0 Å². The van der Waals surface area contributed by atoms with E-state index in [4.69, 9.17) is 5.26 Å². The molecule has 1 N–H and O–H groups in total. The number of anilines is 1. The van der Waals surface area contributed by atoms with Crippen molar-refractivity contribution in [3.05, 3.63) is 22.4 Å². The normalized spacial score (nSPS) is 26.9. The molecule has 0 bridgehead atoms. The molecular weight excluding hydrogens is 280 g/mol. The van der Waals surface area contributed by atoms with Gasteiger partial charge in [0.2, 0.25) is 0 Å². The molecule has 17 heavy (non-hydrogen) atoms. The minimum absolute atomic E-state index is 0.603. The number of aromatic nitrogens is 1. The van der Waals surface area contributed by atoms with Crippen LogP contribution in [0.1, 0.15) is 12.0 Å². The number of hydrogen-bond donors (Lipinski definition) is 1. The van der Waals surface area contributed by atoms with Crippen molar-refractivity contribution in [2.45, 2.75) is 12.5 Å². The van der Waals surface area contributed by atoms with Crippen LogP contribution in [-0.2, 0) is 0 Å². The van der Waals surface area contributed by atoms with Crippen LogP contribution in [0.3, 0.4) is 0 Å². The lowest BCUT2D eigenvalue weighted by Gasteiger charge is -2.47. The molecule has 88 valence electrons. The van der Waals surface area contributed by atoms with Crippen molar-refractivity contribution in [3.63, 3.8) is 0 Å². The fraction of sp³-hybridized carbons (Fsp3) is 0.500. The molecule has 1 aromatic rings. The molecule has 2 aliphatic rings. The highest BCUT2D eigenvalue weighted by molar-refractivity contribution is 9.10. The maximum atomic E-state index is 9.00. The third-order valence-corrected chi connectivity index (χ3v) is 4.34. The standard InChI is InChI=1S/C12H13BrN4/c13-12-9(4-14)3-10(6-16-12)17-2-1-8-5-15-11(8)7-17/h3,6,8,11,15H,1-2,5,7H2/t8-,11-/m0/s1. The number of rotatable bonds is 1. The van der Waals surface area contributed by atoms with Gasteiger partial charge in [-0.3, -0.25) is 0 Å². The number of pyridine rings is 1. The smallest absolute Gasteiger partial charge is 0.123 e. The van der Waals surface area contributed by atoms with Crippen LogP contribution in [0.4, 0.5) is 5.69 Å². The Labute approximate surface area is 109 Å². The zero-order chi connectivity index (χ0) is 11.8. The number of hydrogen-bond acceptors (Lipinski definition) is 4. The second-order valence-electron chi connectivity index (χ2n) is 4.65. The Morgan fingerprint density at radius 1 is 1.59 bits per heavy atom. The minimum Gasteiger partial charge on any atom is -0.369 e. The SMILES string of the molecule is N#Cc1cc(N2CC[C@H]3CN[C@H]3C2)cnc1Br. The van der Waals surface area contributed by atoms with E-state index in [9.17, 15) is 0 Å². The molecule has 0 aliphatic carbocycles. The van der Waals surface area contributed by atoms with E-state index in [1.165, 1.54) is 13.0 Å².